The summed E-state index contributed by atoms with van der Waals surface area (Å²) >= 11 is 0. The molecule has 1 rings (SSSR count). The summed E-state index contributed by atoms with van der Waals surface area (Å²) in [4.78, 5) is 6.04. The number of guanidine groups is 1. The lowest BCUT2D eigenvalue weighted by atomic mass is 9.88. The van der Waals surface area contributed by atoms with E-state index in [1.54, 1.807) is 0 Å². The molecule has 4 nitrogen and oxygen atoms in total. The minimum Gasteiger partial charge on any atom is -0.376 e. The lowest BCUT2D eigenvalue weighted by Crippen LogP contribution is -2.31. The summed E-state index contributed by atoms with van der Waals surface area (Å²) in [5.41, 5.74) is 5.68. The van der Waals surface area contributed by atoms with Gasteiger partial charge >= 0.3 is 0 Å². The monoisotopic (exact) mass is 227 g/mol. The Labute approximate surface area is 98.9 Å². The molecular weight excluding hydrogens is 202 g/mol. The molecule has 0 saturated heterocycles. The van der Waals surface area contributed by atoms with E-state index in [1.807, 2.05) is 19.0 Å². The zero-order valence-corrected chi connectivity index (χ0v) is 10.8. The molecule has 4 heteroatoms. The van der Waals surface area contributed by atoms with Crippen molar-refractivity contribution in [3.63, 3.8) is 0 Å². The molecule has 1 aliphatic carbocycles. The number of hydrogen-bond acceptors (Lipinski definition) is 2. The second kappa shape index (κ2) is 6.74. The minimum atomic E-state index is 0.435. The van der Waals surface area contributed by atoms with Gasteiger partial charge in [-0.15, -0.1) is 0 Å². The van der Waals surface area contributed by atoms with Crippen molar-refractivity contribution in [2.24, 2.45) is 16.6 Å². The molecule has 1 aliphatic rings. The van der Waals surface area contributed by atoms with E-state index in [0.717, 1.165) is 0 Å². The van der Waals surface area contributed by atoms with Crippen LogP contribution in [-0.4, -0.2) is 44.2 Å². The molecule has 0 spiro atoms. The van der Waals surface area contributed by atoms with Gasteiger partial charge in [0, 0.05) is 14.1 Å². The first-order chi connectivity index (χ1) is 7.61. The van der Waals surface area contributed by atoms with Crippen molar-refractivity contribution in [2.75, 3.05) is 27.2 Å². The van der Waals surface area contributed by atoms with Gasteiger partial charge in [0.25, 0.3) is 0 Å². The van der Waals surface area contributed by atoms with Crippen LogP contribution in [0.25, 0.3) is 0 Å². The van der Waals surface area contributed by atoms with E-state index in [-0.39, 0.29) is 0 Å². The van der Waals surface area contributed by atoms with Gasteiger partial charge in [0.05, 0.1) is 19.3 Å². The van der Waals surface area contributed by atoms with Crippen LogP contribution in [0.3, 0.4) is 0 Å². The third-order valence-corrected chi connectivity index (χ3v) is 3.19. The number of rotatable bonds is 4. The number of hydrogen-bond donors (Lipinski definition) is 1. The SMILES string of the molecule is CC1CCCCC1OCCN=C(N)N(C)C. The van der Waals surface area contributed by atoms with E-state index in [2.05, 4.69) is 11.9 Å². The van der Waals surface area contributed by atoms with Crippen LogP contribution in [-0.2, 0) is 4.74 Å². The maximum Gasteiger partial charge on any atom is 0.190 e. The molecule has 2 N–H and O–H groups in total. The Bertz CT molecular complexity index is 228. The zero-order chi connectivity index (χ0) is 12.0. The van der Waals surface area contributed by atoms with E-state index in [9.17, 15) is 0 Å². The van der Waals surface area contributed by atoms with Gasteiger partial charge in [0.2, 0.25) is 0 Å². The van der Waals surface area contributed by atoms with E-state index < -0.39 is 0 Å². The van der Waals surface area contributed by atoms with Gasteiger partial charge in [-0.25, -0.2) is 0 Å². The molecule has 1 fully saturated rings. The van der Waals surface area contributed by atoms with Crippen molar-refractivity contribution in [2.45, 2.75) is 38.7 Å². The molecular formula is C12H25N3O. The third-order valence-electron chi connectivity index (χ3n) is 3.19. The smallest absolute Gasteiger partial charge is 0.190 e. The van der Waals surface area contributed by atoms with E-state index in [0.29, 0.717) is 31.1 Å². The first-order valence-electron chi connectivity index (χ1n) is 6.20. The predicted molar refractivity (Wildman–Crippen MR) is 67.5 cm³/mol. The summed E-state index contributed by atoms with van der Waals surface area (Å²) in [7, 11) is 3.78. The van der Waals surface area contributed by atoms with Gasteiger partial charge in [0.15, 0.2) is 5.96 Å². The lowest BCUT2D eigenvalue weighted by Gasteiger charge is -2.28. The second-order valence-corrected chi connectivity index (χ2v) is 4.81. The molecule has 0 aliphatic heterocycles. The molecule has 2 unspecified atom stereocenters. The Morgan fingerprint density at radius 1 is 1.38 bits per heavy atom. The Kier molecular flexibility index (Phi) is 5.60. The average molecular weight is 227 g/mol. The highest BCUT2D eigenvalue weighted by atomic mass is 16.5. The van der Waals surface area contributed by atoms with Gasteiger partial charge in [-0.1, -0.05) is 19.8 Å². The Morgan fingerprint density at radius 2 is 2.06 bits per heavy atom. The Hall–Kier alpha value is -0.770. The van der Waals surface area contributed by atoms with Gasteiger partial charge in [-0.3, -0.25) is 4.99 Å². The first-order valence-corrected chi connectivity index (χ1v) is 6.20. The Morgan fingerprint density at radius 3 is 2.69 bits per heavy atom. The van der Waals surface area contributed by atoms with Crippen LogP contribution in [0.4, 0.5) is 0 Å². The summed E-state index contributed by atoms with van der Waals surface area (Å²) < 4.78 is 5.84. The normalized spacial score (nSPS) is 26.8. The fourth-order valence-corrected chi connectivity index (χ4v) is 2.04. The lowest BCUT2D eigenvalue weighted by molar-refractivity contribution is -0.000686. The summed E-state index contributed by atoms with van der Waals surface area (Å²) in [6.07, 6.45) is 5.59. The van der Waals surface area contributed by atoms with Crippen molar-refractivity contribution in [1.82, 2.24) is 4.90 Å². The predicted octanol–water partition coefficient (Wildman–Crippen LogP) is 1.46. The molecule has 0 amide bonds. The largest absolute Gasteiger partial charge is 0.376 e. The minimum absolute atomic E-state index is 0.435. The topological polar surface area (TPSA) is 50.9 Å². The van der Waals surface area contributed by atoms with Gasteiger partial charge in [0.1, 0.15) is 0 Å². The molecule has 0 radical (unpaired) electrons. The van der Waals surface area contributed by atoms with Gasteiger partial charge in [-0.2, -0.15) is 0 Å². The summed E-state index contributed by atoms with van der Waals surface area (Å²) in [5.74, 6) is 1.27. The van der Waals surface area contributed by atoms with E-state index in [4.69, 9.17) is 10.5 Å². The standard InChI is InChI=1S/C12H25N3O/c1-10-6-4-5-7-11(10)16-9-8-14-12(13)15(2)3/h10-11H,4-9H2,1-3H3,(H2,13,14). The number of aliphatic imine (C=N–C) groups is 1. The fourth-order valence-electron chi connectivity index (χ4n) is 2.04. The molecule has 0 bridgehead atoms. The highest BCUT2D eigenvalue weighted by molar-refractivity contribution is 5.77. The maximum absolute atomic E-state index is 5.84. The van der Waals surface area contributed by atoms with Crippen molar-refractivity contribution in [3.8, 4) is 0 Å². The quantitative estimate of drug-likeness (QED) is 0.449. The van der Waals surface area contributed by atoms with Crippen molar-refractivity contribution in [1.29, 1.82) is 0 Å². The van der Waals surface area contributed by atoms with Crippen LogP contribution in [0.1, 0.15) is 32.6 Å². The zero-order valence-electron chi connectivity index (χ0n) is 10.8. The van der Waals surface area contributed by atoms with Gasteiger partial charge in [-0.05, 0) is 18.8 Å². The molecule has 2 atom stereocenters. The summed E-state index contributed by atoms with van der Waals surface area (Å²) in [6.45, 7) is 3.62. The average Bonchev–Trinajstić information content (AvgIpc) is 2.26. The molecule has 0 aromatic carbocycles. The van der Waals surface area contributed by atoms with Crippen LogP contribution in [0, 0.1) is 5.92 Å². The van der Waals surface area contributed by atoms with Crippen molar-refractivity contribution >= 4 is 5.96 Å². The number of nitrogens with two attached hydrogens (primary N) is 1. The fraction of sp³-hybridized carbons (Fsp3) is 0.917. The first kappa shape index (κ1) is 13.3. The molecule has 0 aromatic heterocycles. The molecule has 16 heavy (non-hydrogen) atoms. The summed E-state index contributed by atoms with van der Waals surface area (Å²) in [5, 5.41) is 0. The maximum atomic E-state index is 5.84. The van der Waals surface area contributed by atoms with Crippen LogP contribution < -0.4 is 5.73 Å². The third kappa shape index (κ3) is 4.39. The molecule has 1 saturated carbocycles. The number of nitrogens with zero attached hydrogens (tertiary/aromatic N) is 2. The van der Waals surface area contributed by atoms with Crippen LogP contribution in [0.15, 0.2) is 4.99 Å². The molecule has 0 heterocycles. The summed E-state index contributed by atoms with van der Waals surface area (Å²) in [6, 6.07) is 0. The van der Waals surface area contributed by atoms with Crippen LogP contribution in [0.5, 0.6) is 0 Å². The van der Waals surface area contributed by atoms with Crippen molar-refractivity contribution in [3.05, 3.63) is 0 Å². The van der Waals surface area contributed by atoms with Crippen molar-refractivity contribution < 1.29 is 4.74 Å². The highest BCUT2D eigenvalue weighted by Gasteiger charge is 2.21. The van der Waals surface area contributed by atoms with Crippen LogP contribution >= 0.6 is 0 Å². The van der Waals surface area contributed by atoms with Crippen LogP contribution in [0.2, 0.25) is 0 Å². The van der Waals surface area contributed by atoms with E-state index >= 15 is 0 Å². The number of ether oxygens (including phenoxy) is 1. The second-order valence-electron chi connectivity index (χ2n) is 4.81. The van der Waals surface area contributed by atoms with E-state index in [1.165, 1.54) is 25.7 Å². The highest BCUT2D eigenvalue weighted by Crippen LogP contribution is 2.25. The Balaban J connectivity index is 2.17. The van der Waals surface area contributed by atoms with Gasteiger partial charge < -0.3 is 15.4 Å². The molecule has 0 aromatic rings. The molecule has 94 valence electrons.